The van der Waals surface area contributed by atoms with Gasteiger partial charge >= 0.3 is 0 Å². The number of rotatable bonds is 3. The van der Waals surface area contributed by atoms with E-state index in [9.17, 15) is 9.18 Å². The second kappa shape index (κ2) is 7.56. The van der Waals surface area contributed by atoms with Crippen LogP contribution in [0.4, 0.5) is 15.9 Å². The molecule has 0 saturated carbocycles. The average Bonchev–Trinajstić information content (AvgIpc) is 2.69. The van der Waals surface area contributed by atoms with Gasteiger partial charge in [0, 0.05) is 42.8 Å². The molecule has 144 valence electrons. The minimum absolute atomic E-state index is 0.292. The number of anilines is 2. The molecule has 28 heavy (non-hydrogen) atoms. The van der Waals surface area contributed by atoms with Crippen molar-refractivity contribution in [1.82, 2.24) is 9.88 Å². The van der Waals surface area contributed by atoms with Gasteiger partial charge in [-0.1, -0.05) is 6.07 Å². The van der Waals surface area contributed by atoms with Gasteiger partial charge in [0.15, 0.2) is 0 Å². The summed E-state index contributed by atoms with van der Waals surface area (Å²) in [6, 6.07) is 13.4. The molecule has 1 saturated heterocycles. The van der Waals surface area contributed by atoms with Crippen LogP contribution in [0.5, 0.6) is 0 Å². The fourth-order valence-corrected chi connectivity index (χ4v) is 3.48. The van der Waals surface area contributed by atoms with E-state index in [-0.39, 0.29) is 5.91 Å². The molecule has 0 unspecified atom stereocenters. The van der Waals surface area contributed by atoms with Crippen molar-refractivity contribution in [2.24, 2.45) is 0 Å². The number of fused-ring (bicyclic) bond motifs is 1. The number of carbonyl (C=O) groups excluding carboxylic acids is 1. The molecule has 1 fully saturated rings. The second-order valence-corrected chi connectivity index (χ2v) is 7.28. The number of benzene rings is 2. The van der Waals surface area contributed by atoms with Crippen molar-refractivity contribution >= 4 is 28.3 Å². The first-order valence-electron chi connectivity index (χ1n) is 9.41. The van der Waals surface area contributed by atoms with Crippen LogP contribution in [0.1, 0.15) is 15.9 Å². The van der Waals surface area contributed by atoms with E-state index in [1.54, 1.807) is 6.07 Å². The van der Waals surface area contributed by atoms with Crippen molar-refractivity contribution in [3.8, 4) is 0 Å². The molecule has 1 amide bonds. The lowest BCUT2D eigenvalue weighted by Gasteiger charge is -2.33. The van der Waals surface area contributed by atoms with Crippen molar-refractivity contribution in [2.45, 2.75) is 6.92 Å². The molecule has 0 radical (unpaired) electrons. The Kier molecular flexibility index (Phi) is 4.96. The molecule has 6 heteroatoms. The van der Waals surface area contributed by atoms with E-state index in [2.05, 4.69) is 35.2 Å². The maximum absolute atomic E-state index is 13.3. The quantitative estimate of drug-likeness (QED) is 0.755. The monoisotopic (exact) mass is 378 g/mol. The smallest absolute Gasteiger partial charge is 0.255 e. The lowest BCUT2D eigenvalue weighted by atomic mass is 10.1. The van der Waals surface area contributed by atoms with Gasteiger partial charge in [0.25, 0.3) is 5.91 Å². The van der Waals surface area contributed by atoms with Crippen LogP contribution in [0.3, 0.4) is 0 Å². The van der Waals surface area contributed by atoms with Gasteiger partial charge in [0.1, 0.15) is 11.6 Å². The largest absolute Gasteiger partial charge is 0.354 e. The average molecular weight is 378 g/mol. The van der Waals surface area contributed by atoms with Gasteiger partial charge in [0.05, 0.1) is 5.52 Å². The molecule has 1 aliphatic heterocycles. The van der Waals surface area contributed by atoms with Crippen molar-refractivity contribution in [3.63, 3.8) is 0 Å². The number of hydrogen-bond donors (Lipinski definition) is 1. The molecule has 0 aliphatic carbocycles. The van der Waals surface area contributed by atoms with Gasteiger partial charge in [-0.05, 0) is 62.0 Å². The third-order valence-corrected chi connectivity index (χ3v) is 5.17. The van der Waals surface area contributed by atoms with Crippen LogP contribution in [0, 0.1) is 12.7 Å². The number of aryl methyl sites for hydroxylation is 1. The summed E-state index contributed by atoms with van der Waals surface area (Å²) < 4.78 is 13.3. The predicted octanol–water partition coefficient (Wildman–Crippen LogP) is 3.69. The van der Waals surface area contributed by atoms with E-state index in [4.69, 9.17) is 4.98 Å². The van der Waals surface area contributed by atoms with Crippen molar-refractivity contribution in [3.05, 3.63) is 65.5 Å². The lowest BCUT2D eigenvalue weighted by molar-refractivity contribution is 0.102. The number of pyridine rings is 1. The Hall–Kier alpha value is -2.99. The topological polar surface area (TPSA) is 48.5 Å². The fraction of sp³-hybridized carbons (Fsp3) is 0.273. The molecule has 1 N–H and O–H groups in total. The first-order valence-corrected chi connectivity index (χ1v) is 9.41. The van der Waals surface area contributed by atoms with Crippen LogP contribution < -0.4 is 10.2 Å². The molecule has 4 rings (SSSR count). The van der Waals surface area contributed by atoms with Gasteiger partial charge < -0.3 is 15.1 Å². The Balaban J connectivity index is 1.58. The number of nitrogens with zero attached hydrogens (tertiary/aromatic N) is 3. The maximum atomic E-state index is 13.3. The summed E-state index contributed by atoms with van der Waals surface area (Å²) in [5.74, 6) is 0.232. The summed E-state index contributed by atoms with van der Waals surface area (Å²) in [6.07, 6.45) is 0. The Bertz CT molecular complexity index is 1030. The third-order valence-electron chi connectivity index (χ3n) is 5.17. The summed E-state index contributed by atoms with van der Waals surface area (Å²) in [7, 11) is 2.13. The van der Waals surface area contributed by atoms with Gasteiger partial charge in [-0.3, -0.25) is 4.79 Å². The maximum Gasteiger partial charge on any atom is 0.255 e. The zero-order valence-electron chi connectivity index (χ0n) is 16.1. The van der Waals surface area contributed by atoms with Gasteiger partial charge in [-0.25, -0.2) is 9.37 Å². The molecule has 5 nitrogen and oxygen atoms in total. The number of likely N-dealkylation sites (N-methyl/N-ethyl adjacent to an activating group) is 1. The molecule has 0 spiro atoms. The number of nitrogens with one attached hydrogen (secondary N) is 1. The Morgan fingerprint density at radius 3 is 2.61 bits per heavy atom. The third kappa shape index (κ3) is 3.82. The van der Waals surface area contributed by atoms with Crippen LogP contribution in [-0.2, 0) is 0 Å². The van der Waals surface area contributed by atoms with Crippen molar-refractivity contribution < 1.29 is 9.18 Å². The molecule has 3 aromatic rings. The Morgan fingerprint density at radius 1 is 1.07 bits per heavy atom. The Morgan fingerprint density at radius 2 is 1.86 bits per heavy atom. The van der Waals surface area contributed by atoms with Crippen LogP contribution in [0.15, 0.2) is 48.5 Å². The molecule has 0 bridgehead atoms. The van der Waals surface area contributed by atoms with E-state index < -0.39 is 5.82 Å². The van der Waals surface area contributed by atoms with Crippen LogP contribution >= 0.6 is 0 Å². The highest BCUT2D eigenvalue weighted by Crippen LogP contribution is 2.26. The number of carbonyl (C=O) groups is 1. The number of halogens is 1. The van der Waals surface area contributed by atoms with Gasteiger partial charge in [0.2, 0.25) is 0 Å². The van der Waals surface area contributed by atoms with Crippen LogP contribution in [0.2, 0.25) is 0 Å². The predicted molar refractivity (Wildman–Crippen MR) is 111 cm³/mol. The zero-order valence-corrected chi connectivity index (χ0v) is 16.1. The summed E-state index contributed by atoms with van der Waals surface area (Å²) >= 11 is 0. The minimum Gasteiger partial charge on any atom is -0.354 e. The Labute approximate surface area is 163 Å². The number of hydrogen-bond acceptors (Lipinski definition) is 4. The second-order valence-electron chi connectivity index (χ2n) is 7.28. The fourth-order valence-electron chi connectivity index (χ4n) is 3.48. The van der Waals surface area contributed by atoms with E-state index >= 15 is 0 Å². The molecule has 1 aliphatic rings. The first kappa shape index (κ1) is 18.4. The molecule has 2 heterocycles. The summed E-state index contributed by atoms with van der Waals surface area (Å²) in [6.45, 7) is 6.06. The van der Waals surface area contributed by atoms with Crippen LogP contribution in [0.25, 0.3) is 10.9 Å². The summed E-state index contributed by atoms with van der Waals surface area (Å²) in [4.78, 5) is 21.8. The van der Waals surface area contributed by atoms with Crippen molar-refractivity contribution in [1.29, 1.82) is 0 Å². The standard InChI is InChI=1S/C22H23FN4O/c1-15-12-21(27-10-8-26(2)9-11-27)25-20-7-6-18(14-19(15)20)24-22(28)16-4-3-5-17(23)13-16/h3-7,12-14H,8-11H2,1-2H3,(H,24,28). The first-order chi connectivity index (χ1) is 13.5. The van der Waals surface area contributed by atoms with Gasteiger partial charge in [-0.2, -0.15) is 0 Å². The van der Waals surface area contributed by atoms with E-state index in [0.717, 1.165) is 48.5 Å². The highest BCUT2D eigenvalue weighted by atomic mass is 19.1. The van der Waals surface area contributed by atoms with Crippen molar-refractivity contribution in [2.75, 3.05) is 43.4 Å². The number of piperazine rings is 1. The van der Waals surface area contributed by atoms with Crippen LogP contribution in [-0.4, -0.2) is 49.0 Å². The zero-order chi connectivity index (χ0) is 19.7. The highest BCUT2D eigenvalue weighted by molar-refractivity contribution is 6.05. The lowest BCUT2D eigenvalue weighted by Crippen LogP contribution is -2.44. The normalized spacial score (nSPS) is 15.0. The van der Waals surface area contributed by atoms with E-state index in [1.807, 2.05) is 18.2 Å². The van der Waals surface area contributed by atoms with E-state index in [1.165, 1.54) is 18.2 Å². The molecular weight excluding hydrogens is 355 g/mol. The number of amides is 1. The van der Waals surface area contributed by atoms with E-state index in [0.29, 0.717) is 11.3 Å². The summed E-state index contributed by atoms with van der Waals surface area (Å²) in [5, 5.41) is 3.83. The SMILES string of the molecule is Cc1cc(N2CCN(C)CC2)nc2ccc(NC(=O)c3cccc(F)c3)cc12. The summed E-state index contributed by atoms with van der Waals surface area (Å²) in [5.41, 5.74) is 2.97. The molecular formula is C22H23FN4O. The molecule has 1 aromatic heterocycles. The molecule has 0 atom stereocenters. The minimum atomic E-state index is -0.428. The van der Waals surface area contributed by atoms with Gasteiger partial charge in [-0.15, -0.1) is 0 Å². The number of aromatic nitrogens is 1. The molecule has 2 aromatic carbocycles. The highest BCUT2D eigenvalue weighted by Gasteiger charge is 2.16.